The summed E-state index contributed by atoms with van der Waals surface area (Å²) in [6.07, 6.45) is 3.79. The van der Waals surface area contributed by atoms with E-state index in [2.05, 4.69) is 11.9 Å². The summed E-state index contributed by atoms with van der Waals surface area (Å²) in [5.41, 5.74) is 0. The molecule has 0 aromatic carbocycles. The van der Waals surface area contributed by atoms with Gasteiger partial charge in [-0.05, 0) is 25.7 Å². The van der Waals surface area contributed by atoms with Crippen LogP contribution in [0.15, 0.2) is 12.7 Å². The van der Waals surface area contributed by atoms with E-state index >= 15 is 0 Å². The van der Waals surface area contributed by atoms with Gasteiger partial charge in [-0.1, -0.05) is 6.08 Å². The molecule has 0 bridgehead atoms. The van der Waals surface area contributed by atoms with Crippen LogP contribution in [0.3, 0.4) is 0 Å². The zero-order valence-corrected chi connectivity index (χ0v) is 8.90. The van der Waals surface area contributed by atoms with Crippen molar-refractivity contribution in [1.82, 2.24) is 10.2 Å². The van der Waals surface area contributed by atoms with E-state index in [1.165, 1.54) is 0 Å². The Morgan fingerprint density at radius 3 is 2.73 bits per heavy atom. The highest BCUT2D eigenvalue weighted by molar-refractivity contribution is 5.95. The van der Waals surface area contributed by atoms with E-state index < -0.39 is 0 Å². The average Bonchev–Trinajstić information content (AvgIpc) is 3.03. The summed E-state index contributed by atoms with van der Waals surface area (Å²) in [6.45, 7) is 5.70. The van der Waals surface area contributed by atoms with Crippen molar-refractivity contribution in [2.24, 2.45) is 5.92 Å². The molecule has 2 atom stereocenters. The molecule has 15 heavy (non-hydrogen) atoms. The van der Waals surface area contributed by atoms with Gasteiger partial charge in [-0.3, -0.25) is 9.59 Å². The summed E-state index contributed by atoms with van der Waals surface area (Å²) in [6, 6.07) is -0.349. The lowest BCUT2D eigenvalue weighted by Gasteiger charge is -2.35. The third-order valence-electron chi connectivity index (χ3n) is 3.11. The van der Waals surface area contributed by atoms with Gasteiger partial charge >= 0.3 is 0 Å². The fourth-order valence-electron chi connectivity index (χ4n) is 1.91. The van der Waals surface area contributed by atoms with Crippen molar-refractivity contribution in [2.75, 3.05) is 6.54 Å². The zero-order chi connectivity index (χ0) is 11.0. The Labute approximate surface area is 89.3 Å². The van der Waals surface area contributed by atoms with Gasteiger partial charge in [-0.15, -0.1) is 6.58 Å². The molecule has 1 heterocycles. The van der Waals surface area contributed by atoms with E-state index in [1.807, 2.05) is 6.92 Å². The summed E-state index contributed by atoms with van der Waals surface area (Å²) in [4.78, 5) is 25.1. The first kappa shape index (κ1) is 10.2. The molecule has 4 nitrogen and oxygen atoms in total. The van der Waals surface area contributed by atoms with Gasteiger partial charge in [0.2, 0.25) is 11.8 Å². The maximum absolute atomic E-state index is 12.0. The number of carbonyl (C=O) groups excluding carboxylic acids is 2. The second-order valence-electron chi connectivity index (χ2n) is 4.33. The number of amides is 2. The Morgan fingerprint density at radius 1 is 1.53 bits per heavy atom. The molecule has 2 unspecified atom stereocenters. The van der Waals surface area contributed by atoms with Gasteiger partial charge in [-0.2, -0.15) is 0 Å². The van der Waals surface area contributed by atoms with Crippen molar-refractivity contribution in [1.29, 1.82) is 0 Å². The molecule has 2 rings (SSSR count). The summed E-state index contributed by atoms with van der Waals surface area (Å²) in [7, 11) is 0. The van der Waals surface area contributed by atoms with Crippen LogP contribution in [-0.4, -0.2) is 35.3 Å². The van der Waals surface area contributed by atoms with Gasteiger partial charge in [0.25, 0.3) is 0 Å². The second kappa shape index (κ2) is 3.68. The van der Waals surface area contributed by atoms with Crippen molar-refractivity contribution in [3.8, 4) is 0 Å². The Balaban J connectivity index is 2.13. The molecule has 82 valence electrons. The monoisotopic (exact) mass is 208 g/mol. The minimum absolute atomic E-state index is 0.0458. The van der Waals surface area contributed by atoms with Gasteiger partial charge in [0.1, 0.15) is 12.6 Å². The molecule has 1 N–H and O–H groups in total. The normalized spacial score (nSPS) is 28.6. The molecule has 1 saturated carbocycles. The van der Waals surface area contributed by atoms with Gasteiger partial charge in [0.05, 0.1) is 0 Å². The fraction of sp³-hybridized carbons (Fsp3) is 0.636. The smallest absolute Gasteiger partial charge is 0.246 e. The number of carbonyl (C=O) groups is 2. The third kappa shape index (κ3) is 1.89. The molecular weight excluding hydrogens is 192 g/mol. The largest absolute Gasteiger partial charge is 0.342 e. The van der Waals surface area contributed by atoms with Gasteiger partial charge in [-0.25, -0.2) is 0 Å². The maximum atomic E-state index is 12.0. The topological polar surface area (TPSA) is 49.4 Å². The minimum atomic E-state index is -0.284. The Morgan fingerprint density at radius 2 is 2.20 bits per heavy atom. The third-order valence-corrected chi connectivity index (χ3v) is 3.11. The van der Waals surface area contributed by atoms with Crippen molar-refractivity contribution in [3.63, 3.8) is 0 Å². The highest BCUT2D eigenvalue weighted by Crippen LogP contribution is 2.34. The molecule has 0 aromatic rings. The molecule has 0 radical (unpaired) electrons. The molecule has 4 heteroatoms. The Kier molecular flexibility index (Phi) is 2.50. The average molecular weight is 208 g/mol. The highest BCUT2D eigenvalue weighted by Gasteiger charge is 2.43. The van der Waals surface area contributed by atoms with E-state index in [-0.39, 0.29) is 30.4 Å². The fourth-order valence-corrected chi connectivity index (χ4v) is 1.91. The summed E-state index contributed by atoms with van der Waals surface area (Å²) < 4.78 is 0. The first-order chi connectivity index (χ1) is 7.13. The van der Waals surface area contributed by atoms with Gasteiger partial charge < -0.3 is 10.2 Å². The number of nitrogens with one attached hydrogen (secondary N) is 1. The first-order valence-electron chi connectivity index (χ1n) is 5.36. The van der Waals surface area contributed by atoms with Crippen LogP contribution in [0.25, 0.3) is 0 Å². The SMILES string of the molecule is C=CC(C)N1CC(=O)NC(C2CC2)C1=O. The predicted octanol–water partition coefficient (Wildman–Crippen LogP) is 0.298. The summed E-state index contributed by atoms with van der Waals surface area (Å²) in [5.74, 6) is 0.353. The van der Waals surface area contributed by atoms with Crippen LogP contribution >= 0.6 is 0 Å². The van der Waals surface area contributed by atoms with Crippen molar-refractivity contribution in [3.05, 3.63) is 12.7 Å². The van der Waals surface area contributed by atoms with Crippen LogP contribution in [-0.2, 0) is 9.59 Å². The second-order valence-corrected chi connectivity index (χ2v) is 4.33. The highest BCUT2D eigenvalue weighted by atomic mass is 16.2. The van der Waals surface area contributed by atoms with Crippen LogP contribution < -0.4 is 5.32 Å². The molecule has 2 fully saturated rings. The van der Waals surface area contributed by atoms with Crippen LogP contribution in [0.4, 0.5) is 0 Å². The maximum Gasteiger partial charge on any atom is 0.246 e. The lowest BCUT2D eigenvalue weighted by molar-refractivity contribution is -0.146. The van der Waals surface area contributed by atoms with Crippen molar-refractivity contribution in [2.45, 2.75) is 31.8 Å². The van der Waals surface area contributed by atoms with Crippen molar-refractivity contribution >= 4 is 11.8 Å². The molecule has 0 aromatic heterocycles. The molecule has 1 saturated heterocycles. The van der Waals surface area contributed by atoms with Crippen LogP contribution in [0.5, 0.6) is 0 Å². The van der Waals surface area contributed by atoms with E-state index in [1.54, 1.807) is 11.0 Å². The van der Waals surface area contributed by atoms with Gasteiger partial charge in [0, 0.05) is 6.04 Å². The number of hydrogen-bond acceptors (Lipinski definition) is 2. The lowest BCUT2D eigenvalue weighted by atomic mass is 10.1. The molecule has 2 aliphatic rings. The standard InChI is InChI=1S/C11H16N2O2/c1-3-7(2)13-6-9(14)12-10(11(13)15)8-4-5-8/h3,7-8,10H,1,4-6H2,2H3,(H,12,14). The van der Waals surface area contributed by atoms with E-state index in [0.717, 1.165) is 12.8 Å². The van der Waals surface area contributed by atoms with Gasteiger partial charge in [0.15, 0.2) is 0 Å². The molecule has 1 aliphatic carbocycles. The van der Waals surface area contributed by atoms with E-state index in [4.69, 9.17) is 0 Å². The molecular formula is C11H16N2O2. The van der Waals surface area contributed by atoms with Crippen LogP contribution in [0, 0.1) is 5.92 Å². The quantitative estimate of drug-likeness (QED) is 0.678. The molecule has 1 aliphatic heterocycles. The summed E-state index contributed by atoms with van der Waals surface area (Å²) >= 11 is 0. The first-order valence-corrected chi connectivity index (χ1v) is 5.36. The van der Waals surface area contributed by atoms with E-state index in [9.17, 15) is 9.59 Å². The predicted molar refractivity (Wildman–Crippen MR) is 56.0 cm³/mol. The number of piperazine rings is 1. The number of rotatable bonds is 3. The Hall–Kier alpha value is -1.32. The van der Waals surface area contributed by atoms with Crippen molar-refractivity contribution < 1.29 is 9.59 Å². The molecule has 0 spiro atoms. The van der Waals surface area contributed by atoms with Crippen LogP contribution in [0.1, 0.15) is 19.8 Å². The molecule has 2 amide bonds. The Bertz CT molecular complexity index is 310. The minimum Gasteiger partial charge on any atom is -0.342 e. The summed E-state index contributed by atoms with van der Waals surface area (Å²) in [5, 5.41) is 2.77. The lowest BCUT2D eigenvalue weighted by Crippen LogP contribution is -2.60. The number of nitrogens with zero attached hydrogens (tertiary/aromatic N) is 1. The zero-order valence-electron chi connectivity index (χ0n) is 8.90. The van der Waals surface area contributed by atoms with Crippen LogP contribution in [0.2, 0.25) is 0 Å². The number of hydrogen-bond donors (Lipinski definition) is 1. The van der Waals surface area contributed by atoms with E-state index in [0.29, 0.717) is 5.92 Å².